The Hall–Kier alpha value is -0.120. The summed E-state index contributed by atoms with van der Waals surface area (Å²) >= 11 is 0. The second kappa shape index (κ2) is 10.1. The smallest absolute Gasteiger partial charge is 0.0596 e. The van der Waals surface area contributed by atoms with E-state index in [0.29, 0.717) is 6.10 Å². The molecule has 16 heavy (non-hydrogen) atoms. The highest BCUT2D eigenvalue weighted by molar-refractivity contribution is 4.56. The van der Waals surface area contributed by atoms with Crippen LogP contribution in [0, 0.1) is 5.92 Å². The van der Waals surface area contributed by atoms with Gasteiger partial charge < -0.3 is 15.0 Å². The number of rotatable bonds is 10. The zero-order valence-corrected chi connectivity index (χ0v) is 11.8. The van der Waals surface area contributed by atoms with Gasteiger partial charge in [-0.15, -0.1) is 0 Å². The summed E-state index contributed by atoms with van der Waals surface area (Å²) in [7, 11) is 4.15. The standard InChI is InChI=1S/C13H30N2O/c1-12(2)11-14-8-6-7-13(3)16-10-9-15(4)5/h12-14H,6-11H2,1-5H3. The van der Waals surface area contributed by atoms with Gasteiger partial charge in [0.25, 0.3) is 0 Å². The van der Waals surface area contributed by atoms with Crippen LogP contribution in [0.15, 0.2) is 0 Å². The molecule has 0 aromatic carbocycles. The summed E-state index contributed by atoms with van der Waals surface area (Å²) in [4.78, 5) is 2.15. The van der Waals surface area contributed by atoms with Crippen LogP contribution in [-0.2, 0) is 4.74 Å². The Morgan fingerprint density at radius 1 is 1.19 bits per heavy atom. The molecule has 0 aliphatic rings. The van der Waals surface area contributed by atoms with Crippen LogP contribution in [0.4, 0.5) is 0 Å². The third-order valence-electron chi connectivity index (χ3n) is 2.46. The molecule has 0 saturated carbocycles. The molecule has 0 rings (SSSR count). The lowest BCUT2D eigenvalue weighted by atomic mass is 10.2. The highest BCUT2D eigenvalue weighted by Crippen LogP contribution is 2.00. The zero-order chi connectivity index (χ0) is 12.4. The van der Waals surface area contributed by atoms with Crippen LogP contribution < -0.4 is 5.32 Å². The van der Waals surface area contributed by atoms with Crippen LogP contribution in [0.25, 0.3) is 0 Å². The van der Waals surface area contributed by atoms with Crippen molar-refractivity contribution in [1.82, 2.24) is 10.2 Å². The van der Waals surface area contributed by atoms with Crippen molar-refractivity contribution < 1.29 is 4.74 Å². The fourth-order valence-corrected chi connectivity index (χ4v) is 1.43. The molecule has 3 heteroatoms. The highest BCUT2D eigenvalue weighted by atomic mass is 16.5. The first-order valence-electron chi connectivity index (χ1n) is 6.49. The van der Waals surface area contributed by atoms with Gasteiger partial charge in [-0.2, -0.15) is 0 Å². The molecule has 1 N–H and O–H groups in total. The van der Waals surface area contributed by atoms with E-state index < -0.39 is 0 Å². The molecule has 0 spiro atoms. The van der Waals surface area contributed by atoms with Crippen LogP contribution in [0.5, 0.6) is 0 Å². The van der Waals surface area contributed by atoms with Crippen LogP contribution in [-0.4, -0.2) is 51.3 Å². The summed E-state index contributed by atoms with van der Waals surface area (Å²) in [6, 6.07) is 0. The van der Waals surface area contributed by atoms with Gasteiger partial charge in [0.2, 0.25) is 0 Å². The molecule has 3 nitrogen and oxygen atoms in total. The van der Waals surface area contributed by atoms with Crippen LogP contribution in [0.3, 0.4) is 0 Å². The minimum atomic E-state index is 0.390. The quantitative estimate of drug-likeness (QED) is 0.581. The van der Waals surface area contributed by atoms with Crippen molar-refractivity contribution in [3.63, 3.8) is 0 Å². The predicted octanol–water partition coefficient (Wildman–Crippen LogP) is 1.98. The van der Waals surface area contributed by atoms with Gasteiger partial charge in [-0.1, -0.05) is 13.8 Å². The van der Waals surface area contributed by atoms with Crippen LogP contribution in [0.1, 0.15) is 33.6 Å². The molecule has 1 atom stereocenters. The molecule has 0 heterocycles. The van der Waals surface area contributed by atoms with Gasteiger partial charge in [-0.05, 0) is 52.9 Å². The third-order valence-corrected chi connectivity index (χ3v) is 2.46. The van der Waals surface area contributed by atoms with Gasteiger partial charge >= 0.3 is 0 Å². The lowest BCUT2D eigenvalue weighted by Gasteiger charge is -2.15. The van der Waals surface area contributed by atoms with E-state index in [1.54, 1.807) is 0 Å². The van der Waals surface area contributed by atoms with Crippen molar-refractivity contribution in [3.8, 4) is 0 Å². The lowest BCUT2D eigenvalue weighted by Crippen LogP contribution is -2.23. The Labute approximate surface area is 102 Å². The van der Waals surface area contributed by atoms with Gasteiger partial charge in [-0.25, -0.2) is 0 Å². The first-order valence-corrected chi connectivity index (χ1v) is 6.49. The van der Waals surface area contributed by atoms with E-state index in [4.69, 9.17) is 4.74 Å². The Bertz CT molecular complexity index is 149. The van der Waals surface area contributed by atoms with Crippen molar-refractivity contribution in [3.05, 3.63) is 0 Å². The minimum Gasteiger partial charge on any atom is -0.377 e. The van der Waals surface area contributed by atoms with Gasteiger partial charge in [0, 0.05) is 6.54 Å². The van der Waals surface area contributed by atoms with E-state index in [1.165, 1.54) is 6.42 Å². The van der Waals surface area contributed by atoms with E-state index in [9.17, 15) is 0 Å². The number of nitrogens with zero attached hydrogens (tertiary/aromatic N) is 1. The number of nitrogens with one attached hydrogen (secondary N) is 1. The first-order chi connectivity index (χ1) is 7.52. The first kappa shape index (κ1) is 15.9. The fraction of sp³-hybridized carbons (Fsp3) is 1.00. The Kier molecular flexibility index (Phi) is 9.99. The zero-order valence-electron chi connectivity index (χ0n) is 11.8. The minimum absolute atomic E-state index is 0.390. The normalized spacial score (nSPS) is 13.7. The number of ether oxygens (including phenoxy) is 1. The summed E-state index contributed by atoms with van der Waals surface area (Å²) in [5, 5.41) is 3.45. The Morgan fingerprint density at radius 3 is 2.44 bits per heavy atom. The molecule has 0 radical (unpaired) electrons. The highest BCUT2D eigenvalue weighted by Gasteiger charge is 2.02. The molecule has 0 aromatic heterocycles. The number of hydrogen-bond donors (Lipinski definition) is 1. The molecule has 0 aromatic rings. The number of hydrogen-bond acceptors (Lipinski definition) is 3. The van der Waals surface area contributed by atoms with Gasteiger partial charge in [-0.3, -0.25) is 0 Å². The molecule has 98 valence electrons. The molecule has 0 aliphatic carbocycles. The topological polar surface area (TPSA) is 24.5 Å². The summed E-state index contributed by atoms with van der Waals surface area (Å²) in [6.45, 7) is 10.7. The lowest BCUT2D eigenvalue weighted by molar-refractivity contribution is 0.0496. The predicted molar refractivity (Wildman–Crippen MR) is 70.9 cm³/mol. The van der Waals surface area contributed by atoms with Gasteiger partial charge in [0.15, 0.2) is 0 Å². The molecular weight excluding hydrogens is 200 g/mol. The van der Waals surface area contributed by atoms with Crippen LogP contribution in [0.2, 0.25) is 0 Å². The van der Waals surface area contributed by atoms with Crippen LogP contribution >= 0.6 is 0 Å². The maximum atomic E-state index is 5.71. The molecule has 0 aliphatic heterocycles. The average molecular weight is 230 g/mol. The van der Waals surface area contributed by atoms with Crippen molar-refractivity contribution in [2.24, 2.45) is 5.92 Å². The van der Waals surface area contributed by atoms with E-state index >= 15 is 0 Å². The Balaban J connectivity index is 3.20. The average Bonchev–Trinajstić information content (AvgIpc) is 2.16. The third kappa shape index (κ3) is 12.0. The summed E-state index contributed by atoms with van der Waals surface area (Å²) < 4.78 is 5.71. The van der Waals surface area contributed by atoms with E-state index in [1.807, 2.05) is 0 Å². The van der Waals surface area contributed by atoms with E-state index in [0.717, 1.165) is 38.6 Å². The van der Waals surface area contributed by atoms with Crippen molar-refractivity contribution in [2.45, 2.75) is 39.7 Å². The van der Waals surface area contributed by atoms with E-state index in [-0.39, 0.29) is 0 Å². The maximum Gasteiger partial charge on any atom is 0.0596 e. The van der Waals surface area contributed by atoms with Crippen molar-refractivity contribution in [2.75, 3.05) is 40.3 Å². The monoisotopic (exact) mass is 230 g/mol. The van der Waals surface area contributed by atoms with Gasteiger partial charge in [0.05, 0.1) is 12.7 Å². The van der Waals surface area contributed by atoms with Crippen molar-refractivity contribution in [1.29, 1.82) is 0 Å². The molecule has 0 amide bonds. The summed E-state index contributed by atoms with van der Waals surface area (Å²) in [5.74, 6) is 0.744. The maximum absolute atomic E-state index is 5.71. The molecule has 1 unspecified atom stereocenters. The molecular formula is C13H30N2O. The molecule has 0 bridgehead atoms. The molecule has 0 saturated heterocycles. The summed E-state index contributed by atoms with van der Waals surface area (Å²) in [5.41, 5.74) is 0. The largest absolute Gasteiger partial charge is 0.377 e. The van der Waals surface area contributed by atoms with Crippen molar-refractivity contribution >= 4 is 0 Å². The second-order valence-electron chi connectivity index (χ2n) is 5.22. The van der Waals surface area contributed by atoms with Gasteiger partial charge in [0.1, 0.15) is 0 Å². The Morgan fingerprint density at radius 2 is 1.88 bits per heavy atom. The second-order valence-corrected chi connectivity index (χ2v) is 5.22. The van der Waals surface area contributed by atoms with E-state index in [2.05, 4.69) is 45.1 Å². The summed E-state index contributed by atoms with van der Waals surface area (Å²) in [6.07, 6.45) is 2.75. The molecule has 0 fully saturated rings. The number of likely N-dealkylation sites (N-methyl/N-ethyl adjacent to an activating group) is 1. The SMILES string of the molecule is CC(C)CNCCCC(C)OCCN(C)C. The fourth-order valence-electron chi connectivity index (χ4n) is 1.43.